The van der Waals surface area contributed by atoms with E-state index >= 15 is 4.79 Å². The number of hydrogen-bond acceptors (Lipinski definition) is 14. The van der Waals surface area contributed by atoms with E-state index in [9.17, 15) is 42.6 Å². The third kappa shape index (κ3) is 12.6. The third-order valence-corrected chi connectivity index (χ3v) is 11.8. The maximum absolute atomic E-state index is 15.1. The molecule has 2 amide bonds. The zero-order valence-electron chi connectivity index (χ0n) is 37.4. The van der Waals surface area contributed by atoms with Crippen LogP contribution in [0.2, 0.25) is 0 Å². The molecular formula is C45H64F3N3O13. The number of aliphatic hydroxyl groups is 2. The predicted molar refractivity (Wildman–Crippen MR) is 222 cm³/mol. The minimum absolute atomic E-state index is 0.00642. The molecule has 3 heterocycles. The van der Waals surface area contributed by atoms with Crippen LogP contribution in [-0.2, 0) is 59.0 Å². The van der Waals surface area contributed by atoms with Gasteiger partial charge in [0, 0.05) is 31.8 Å². The lowest BCUT2D eigenvalue weighted by molar-refractivity contribution is -0.224. The van der Waals surface area contributed by atoms with E-state index in [1.54, 1.807) is 45.0 Å². The summed E-state index contributed by atoms with van der Waals surface area (Å²) in [5, 5.41) is 27.7. The molecule has 4 fully saturated rings. The van der Waals surface area contributed by atoms with Gasteiger partial charge in [-0.3, -0.25) is 24.0 Å². The van der Waals surface area contributed by atoms with E-state index in [0.717, 1.165) is 44.6 Å². The number of alkyl halides is 3. The lowest BCUT2D eigenvalue weighted by Crippen LogP contribution is -2.71. The molecule has 5 rings (SSSR count). The molecule has 4 aliphatic rings. The highest BCUT2D eigenvalue weighted by Gasteiger charge is 2.76. The number of nitrogens with zero attached hydrogens (tertiary/aromatic N) is 1. The molecule has 0 spiro atoms. The molecule has 0 aromatic heterocycles. The number of aliphatic hydroxyl groups excluding tert-OH is 2. The van der Waals surface area contributed by atoms with Crippen molar-refractivity contribution in [1.82, 2.24) is 15.7 Å². The van der Waals surface area contributed by atoms with Gasteiger partial charge in [-0.25, -0.2) is 4.79 Å². The second-order valence-corrected chi connectivity index (χ2v) is 18.2. The minimum atomic E-state index is -4.67. The molecule has 0 unspecified atom stereocenters. The Bertz CT molecular complexity index is 1810. The molecule has 4 N–H and O–H groups in total. The smallest absolute Gasteiger partial charge is 0.422 e. The number of benzene rings is 1. The zero-order chi connectivity index (χ0) is 47.0. The fourth-order valence-electron chi connectivity index (χ4n) is 8.84. The number of rotatable bonds is 22. The number of fused-ring (bicyclic) bond motifs is 4. The molecule has 16 nitrogen and oxygen atoms in total. The summed E-state index contributed by atoms with van der Waals surface area (Å²) in [4.78, 5) is 74.0. The molecule has 0 radical (unpaired) electrons. The molecule has 9 atom stereocenters. The molecule has 1 aliphatic carbocycles. The number of carbonyl (C=O) groups is 5. The highest BCUT2D eigenvalue weighted by atomic mass is 19.4. The van der Waals surface area contributed by atoms with Crippen molar-refractivity contribution in [1.29, 1.82) is 0 Å². The third-order valence-electron chi connectivity index (χ3n) is 11.8. The first-order chi connectivity index (χ1) is 30.1. The van der Waals surface area contributed by atoms with E-state index in [2.05, 4.69) is 29.2 Å². The zero-order valence-corrected chi connectivity index (χ0v) is 37.4. The van der Waals surface area contributed by atoms with E-state index in [4.69, 9.17) is 23.8 Å². The Morgan fingerprint density at radius 1 is 0.984 bits per heavy atom. The Hall–Kier alpha value is -4.14. The molecule has 1 saturated carbocycles. The van der Waals surface area contributed by atoms with Crippen molar-refractivity contribution < 1.29 is 75.9 Å². The molecule has 3 aliphatic heterocycles. The summed E-state index contributed by atoms with van der Waals surface area (Å²) in [7, 11) is 0. The molecule has 2 bridgehead atoms. The second kappa shape index (κ2) is 21.4. The molecule has 1 aromatic rings. The van der Waals surface area contributed by atoms with Crippen molar-refractivity contribution in [2.75, 3.05) is 13.2 Å². The van der Waals surface area contributed by atoms with Gasteiger partial charge in [-0.05, 0) is 64.2 Å². The van der Waals surface area contributed by atoms with Gasteiger partial charge in [0.2, 0.25) is 11.8 Å². The highest BCUT2D eigenvalue weighted by Crippen LogP contribution is 2.58. The van der Waals surface area contributed by atoms with Gasteiger partial charge in [0.15, 0.2) is 18.4 Å². The number of unbranched alkanes of at least 4 members (excludes halogenated alkanes) is 4. The molecule has 19 heteroatoms. The highest BCUT2D eigenvalue weighted by molar-refractivity contribution is 5.96. The van der Waals surface area contributed by atoms with E-state index in [1.807, 2.05) is 0 Å². The standard InChI is InChI=1S/C45H64F3N3O13/c1-7-9-11-21-43(22-12-10-8-2)62-35-31-23-44(41(58)50-34(27(3)53)39(56)49-30(25-52)18-20-33(55)61-42(4,5)6)37(40(57)60-31)51(64-38(44)36(35)63-43)24-29-15-13-28(14-16-29)17-19-32(54)59-26-45(46,47)48/h13-17,19,27,30-31,34-38,52-53H,7-12,18,20-26H2,1-6H3,(H,49,56)(H,50,58)/t27-,30-,31+,34+,35-,36-,37-,38+,44-/m0/s1. The average Bonchev–Trinajstić information content (AvgIpc) is 3.77. The van der Waals surface area contributed by atoms with Gasteiger partial charge in [0.1, 0.15) is 41.5 Å². The summed E-state index contributed by atoms with van der Waals surface area (Å²) in [6.07, 6.45) is -1.44. The monoisotopic (exact) mass is 911 g/mol. The van der Waals surface area contributed by atoms with E-state index in [0.29, 0.717) is 24.0 Å². The Labute approximate surface area is 371 Å². The van der Waals surface area contributed by atoms with E-state index < -0.39 is 115 Å². The number of hydrogen-bond donors (Lipinski definition) is 4. The summed E-state index contributed by atoms with van der Waals surface area (Å²) in [6.45, 7) is 8.27. The summed E-state index contributed by atoms with van der Waals surface area (Å²) < 4.78 is 66.8. The molecule has 358 valence electrons. The van der Waals surface area contributed by atoms with Crippen LogP contribution < -0.4 is 10.6 Å². The lowest BCUT2D eigenvalue weighted by atomic mass is 9.62. The fraction of sp³-hybridized carbons (Fsp3) is 0.711. The van der Waals surface area contributed by atoms with Gasteiger partial charge in [-0.15, -0.1) is 0 Å². The van der Waals surface area contributed by atoms with Crippen LogP contribution >= 0.6 is 0 Å². The quantitative estimate of drug-likeness (QED) is 0.0538. The van der Waals surface area contributed by atoms with Gasteiger partial charge >= 0.3 is 24.1 Å². The van der Waals surface area contributed by atoms with Gasteiger partial charge in [-0.2, -0.15) is 18.2 Å². The van der Waals surface area contributed by atoms with Crippen LogP contribution in [0.4, 0.5) is 13.2 Å². The summed E-state index contributed by atoms with van der Waals surface area (Å²) in [6, 6.07) is 2.60. The predicted octanol–water partition coefficient (Wildman–Crippen LogP) is 4.71. The normalized spacial score (nSPS) is 26.4. The van der Waals surface area contributed by atoms with Crippen molar-refractivity contribution in [3.05, 3.63) is 41.5 Å². The Morgan fingerprint density at radius 3 is 2.20 bits per heavy atom. The van der Waals surface area contributed by atoms with Gasteiger partial charge in [0.05, 0.1) is 25.3 Å². The molecule has 64 heavy (non-hydrogen) atoms. The van der Waals surface area contributed by atoms with Gasteiger partial charge < -0.3 is 44.5 Å². The Kier molecular flexibility index (Phi) is 17.0. The SMILES string of the molecule is CCCCCC1(CCCCC)O[C@@H]2[C@H](O1)[C@H]1ON(Cc3ccc(C=CC(=O)OCC(F)(F)F)cc3)[C@H]3C(=O)O[C@@H]2C[C@@]13C(=O)N[C@@H](C(=O)N[C@H](CO)CCC(=O)OC(C)(C)C)[C@H](C)O. The maximum atomic E-state index is 15.1. The number of esters is 3. The summed E-state index contributed by atoms with van der Waals surface area (Å²) >= 11 is 0. The van der Waals surface area contributed by atoms with Crippen molar-refractivity contribution in [2.24, 2.45) is 5.41 Å². The Morgan fingerprint density at radius 2 is 1.62 bits per heavy atom. The first-order valence-corrected chi connectivity index (χ1v) is 22.3. The number of hydroxylamine groups is 2. The van der Waals surface area contributed by atoms with Crippen LogP contribution in [0.1, 0.15) is 123 Å². The fourth-order valence-corrected chi connectivity index (χ4v) is 8.84. The van der Waals surface area contributed by atoms with Crippen LogP contribution in [0, 0.1) is 5.41 Å². The summed E-state index contributed by atoms with van der Waals surface area (Å²) in [5.41, 5.74) is -1.43. The maximum Gasteiger partial charge on any atom is 0.422 e. The molecular weight excluding hydrogens is 847 g/mol. The van der Waals surface area contributed by atoms with Crippen LogP contribution in [0.15, 0.2) is 30.3 Å². The largest absolute Gasteiger partial charge is 0.460 e. The van der Waals surface area contributed by atoms with Crippen molar-refractivity contribution in [3.63, 3.8) is 0 Å². The van der Waals surface area contributed by atoms with Crippen molar-refractivity contribution >= 4 is 35.8 Å². The topological polar surface area (TPSA) is 208 Å². The van der Waals surface area contributed by atoms with E-state index in [1.165, 1.54) is 18.1 Å². The Balaban J connectivity index is 1.43. The van der Waals surface area contributed by atoms with Gasteiger partial charge in [0.25, 0.3) is 0 Å². The molecule has 1 aromatic carbocycles. The lowest BCUT2D eigenvalue weighted by Gasteiger charge is -2.49. The number of carbonyl (C=O) groups excluding carboxylic acids is 5. The first-order valence-electron chi connectivity index (χ1n) is 22.3. The number of ether oxygens (including phenoxy) is 5. The number of amides is 2. The first kappa shape index (κ1) is 50.9. The molecule has 3 saturated heterocycles. The van der Waals surface area contributed by atoms with Gasteiger partial charge in [-0.1, -0.05) is 63.8 Å². The van der Waals surface area contributed by atoms with E-state index in [-0.39, 0.29) is 25.8 Å². The summed E-state index contributed by atoms with van der Waals surface area (Å²) in [5.74, 6) is -5.16. The van der Waals surface area contributed by atoms with Crippen LogP contribution in [-0.4, -0.2) is 124 Å². The minimum Gasteiger partial charge on any atom is -0.460 e. The van der Waals surface area contributed by atoms with Crippen molar-refractivity contribution in [3.8, 4) is 0 Å². The van der Waals surface area contributed by atoms with Crippen LogP contribution in [0.5, 0.6) is 0 Å². The average molecular weight is 912 g/mol. The van der Waals surface area contributed by atoms with Crippen molar-refractivity contribution in [2.45, 2.75) is 185 Å². The second-order valence-electron chi connectivity index (χ2n) is 18.2. The van der Waals surface area contributed by atoms with Crippen LogP contribution in [0.25, 0.3) is 6.08 Å². The van der Waals surface area contributed by atoms with Crippen LogP contribution in [0.3, 0.4) is 0 Å². The number of halogens is 3. The number of nitrogens with one attached hydrogen (secondary N) is 2.